The van der Waals surface area contributed by atoms with Gasteiger partial charge >= 0.3 is 0 Å². The van der Waals surface area contributed by atoms with E-state index in [4.69, 9.17) is 8.92 Å². The second-order valence-corrected chi connectivity index (χ2v) is 11.3. The number of phenolic OH excluding ortho intramolecular Hbond substituents is 1. The van der Waals surface area contributed by atoms with Gasteiger partial charge in [0.05, 0.1) is 17.3 Å². The molecule has 1 spiro atoms. The molecule has 7 nitrogen and oxygen atoms in total. The van der Waals surface area contributed by atoms with Gasteiger partial charge in [0.1, 0.15) is 12.2 Å². The third kappa shape index (κ3) is 2.64. The van der Waals surface area contributed by atoms with Crippen LogP contribution in [0.5, 0.6) is 11.5 Å². The van der Waals surface area contributed by atoms with Crippen molar-refractivity contribution in [3.05, 3.63) is 23.3 Å². The molecule has 1 aromatic carbocycles. The maximum absolute atomic E-state index is 12.2. The fourth-order valence-corrected chi connectivity index (χ4v) is 7.41. The van der Waals surface area contributed by atoms with Gasteiger partial charge in [0, 0.05) is 18.2 Å². The topological polar surface area (TPSA) is 96.3 Å². The molecular weight excluding hydrogens is 430 g/mol. The van der Waals surface area contributed by atoms with Gasteiger partial charge in [0.15, 0.2) is 11.5 Å². The Morgan fingerprint density at radius 2 is 2.03 bits per heavy atom. The Morgan fingerprint density at radius 1 is 1.27 bits per heavy atom. The lowest BCUT2D eigenvalue weighted by Gasteiger charge is -2.64. The molecule has 1 aromatic rings. The SMILES string of the molecule is CS(=O)(=O)O[C@H]1CCC2(O)C3Cc4ccc(O)c5c4C2(CCN3CC2CC2)[C@H]1O5.Cl. The zero-order valence-electron chi connectivity index (χ0n) is 16.9. The molecule has 2 saturated carbocycles. The second kappa shape index (κ2) is 6.48. The maximum Gasteiger partial charge on any atom is 0.264 e. The predicted molar refractivity (Wildman–Crippen MR) is 112 cm³/mol. The lowest BCUT2D eigenvalue weighted by molar-refractivity contribution is -0.204. The van der Waals surface area contributed by atoms with E-state index in [0.717, 1.165) is 42.8 Å². The molecule has 0 amide bonds. The van der Waals surface area contributed by atoms with Crippen molar-refractivity contribution in [2.75, 3.05) is 19.3 Å². The molecule has 2 N–H and O–H groups in total. The molecule has 0 aromatic heterocycles. The largest absolute Gasteiger partial charge is 0.504 e. The van der Waals surface area contributed by atoms with Crippen LogP contribution in [0.2, 0.25) is 0 Å². The first kappa shape index (κ1) is 20.8. The molecule has 6 rings (SSSR count). The van der Waals surface area contributed by atoms with Gasteiger partial charge in [-0.1, -0.05) is 6.07 Å². The van der Waals surface area contributed by atoms with E-state index in [-0.39, 0.29) is 24.2 Å². The summed E-state index contributed by atoms with van der Waals surface area (Å²) in [6, 6.07) is 3.57. The van der Waals surface area contributed by atoms with Gasteiger partial charge in [-0.25, -0.2) is 0 Å². The van der Waals surface area contributed by atoms with Gasteiger partial charge in [0.2, 0.25) is 0 Å². The summed E-state index contributed by atoms with van der Waals surface area (Å²) in [4.78, 5) is 2.45. The Morgan fingerprint density at radius 3 is 2.73 bits per heavy atom. The van der Waals surface area contributed by atoms with E-state index in [0.29, 0.717) is 25.0 Å². The number of halogens is 1. The number of piperidine rings is 1. The standard InChI is InChI=1S/C21H27NO6S.ClH/c1-29(25,26)28-15-6-7-21(24)16-10-13-4-5-14(23)18-17(13)20(21,19(15)27-18)8-9-22(16)11-12-2-3-12;/h4-5,12,15-16,19,23-24H,2-3,6-11H2,1H3;1H/t15-,16?,19-,20?,21?;/m0./s1. The molecule has 2 heterocycles. The van der Waals surface area contributed by atoms with Crippen LogP contribution in [0.25, 0.3) is 0 Å². The average molecular weight is 458 g/mol. The van der Waals surface area contributed by atoms with Gasteiger partial charge in [-0.3, -0.25) is 9.08 Å². The summed E-state index contributed by atoms with van der Waals surface area (Å²) in [5.41, 5.74) is 0.214. The lowest BCUT2D eigenvalue weighted by Crippen LogP contribution is -2.77. The van der Waals surface area contributed by atoms with Crippen LogP contribution >= 0.6 is 12.4 Å². The molecule has 5 atom stereocenters. The predicted octanol–water partition coefficient (Wildman–Crippen LogP) is 1.72. The number of hydrogen-bond donors (Lipinski definition) is 2. The van der Waals surface area contributed by atoms with E-state index in [2.05, 4.69) is 4.90 Å². The lowest BCUT2D eigenvalue weighted by atomic mass is 9.48. The highest BCUT2D eigenvalue weighted by Crippen LogP contribution is 2.65. The average Bonchev–Trinajstić information content (AvgIpc) is 3.37. The van der Waals surface area contributed by atoms with Crippen LogP contribution in [0.1, 0.15) is 43.2 Å². The number of aromatic hydroxyl groups is 1. The van der Waals surface area contributed by atoms with Crippen LogP contribution in [0, 0.1) is 5.92 Å². The zero-order chi connectivity index (χ0) is 20.2. The quantitative estimate of drug-likeness (QED) is 0.664. The van der Waals surface area contributed by atoms with E-state index in [1.807, 2.05) is 6.07 Å². The number of nitrogens with zero attached hydrogens (tertiary/aromatic N) is 1. The van der Waals surface area contributed by atoms with Crippen LogP contribution in [0.15, 0.2) is 12.1 Å². The number of benzene rings is 1. The van der Waals surface area contributed by atoms with Crippen molar-refractivity contribution in [1.82, 2.24) is 4.90 Å². The minimum Gasteiger partial charge on any atom is -0.504 e. The normalized spacial score (nSPS) is 39.1. The fourth-order valence-electron chi connectivity index (χ4n) is 6.76. The number of phenols is 1. The van der Waals surface area contributed by atoms with E-state index in [9.17, 15) is 18.6 Å². The second-order valence-electron chi connectivity index (χ2n) is 9.67. The highest BCUT2D eigenvalue weighted by Gasteiger charge is 2.73. The molecule has 2 aliphatic heterocycles. The summed E-state index contributed by atoms with van der Waals surface area (Å²) in [6.45, 7) is 1.85. The molecule has 1 saturated heterocycles. The summed E-state index contributed by atoms with van der Waals surface area (Å²) in [7, 11) is -3.67. The number of ether oxygens (including phenoxy) is 1. The zero-order valence-corrected chi connectivity index (χ0v) is 18.5. The summed E-state index contributed by atoms with van der Waals surface area (Å²) < 4.78 is 35.5. The van der Waals surface area contributed by atoms with E-state index < -0.39 is 33.3 Å². The van der Waals surface area contributed by atoms with E-state index in [1.165, 1.54) is 12.8 Å². The van der Waals surface area contributed by atoms with Gasteiger partial charge in [-0.15, -0.1) is 12.4 Å². The first-order chi connectivity index (χ1) is 13.7. The summed E-state index contributed by atoms with van der Waals surface area (Å²) >= 11 is 0. The maximum atomic E-state index is 12.2. The first-order valence-corrected chi connectivity index (χ1v) is 12.4. The van der Waals surface area contributed by atoms with Crippen molar-refractivity contribution in [3.8, 4) is 11.5 Å². The van der Waals surface area contributed by atoms with Crippen molar-refractivity contribution in [1.29, 1.82) is 0 Å². The molecule has 3 unspecified atom stereocenters. The van der Waals surface area contributed by atoms with Crippen molar-refractivity contribution >= 4 is 22.5 Å². The summed E-state index contributed by atoms with van der Waals surface area (Å²) in [6.07, 6.45) is 4.56. The Hall–Kier alpha value is -1.06. The molecule has 166 valence electrons. The summed E-state index contributed by atoms with van der Waals surface area (Å²) in [5.74, 6) is 1.18. The number of likely N-dealkylation sites (tertiary alicyclic amines) is 1. The highest BCUT2D eigenvalue weighted by atomic mass is 35.5. The Labute approximate surface area is 182 Å². The molecule has 9 heteroatoms. The molecule has 3 fully saturated rings. The van der Waals surface area contributed by atoms with Gasteiger partial charge in [-0.05, 0) is 62.6 Å². The van der Waals surface area contributed by atoms with Gasteiger partial charge in [0.25, 0.3) is 10.1 Å². The number of aliphatic hydroxyl groups is 1. The van der Waals surface area contributed by atoms with Crippen LogP contribution in [-0.4, -0.2) is 66.7 Å². The minimum atomic E-state index is -3.67. The van der Waals surface area contributed by atoms with Gasteiger partial charge < -0.3 is 14.9 Å². The fraction of sp³-hybridized carbons (Fsp3) is 0.714. The van der Waals surface area contributed by atoms with Crippen molar-refractivity contribution in [2.24, 2.45) is 5.92 Å². The monoisotopic (exact) mass is 457 g/mol. The van der Waals surface area contributed by atoms with Crippen LogP contribution in [0.4, 0.5) is 0 Å². The van der Waals surface area contributed by atoms with Crippen LogP contribution in [0.3, 0.4) is 0 Å². The Kier molecular flexibility index (Phi) is 4.50. The van der Waals surface area contributed by atoms with Crippen LogP contribution in [-0.2, 0) is 26.1 Å². The smallest absolute Gasteiger partial charge is 0.264 e. The highest BCUT2D eigenvalue weighted by molar-refractivity contribution is 7.86. The molecule has 0 radical (unpaired) electrons. The first-order valence-electron chi connectivity index (χ1n) is 10.6. The van der Waals surface area contributed by atoms with E-state index >= 15 is 0 Å². The molecule has 5 aliphatic rings. The Bertz CT molecular complexity index is 997. The van der Waals surface area contributed by atoms with Crippen LogP contribution < -0.4 is 4.74 Å². The minimum absolute atomic E-state index is 0. The van der Waals surface area contributed by atoms with Crippen molar-refractivity contribution in [3.63, 3.8) is 0 Å². The molecule has 3 aliphatic carbocycles. The molecule has 30 heavy (non-hydrogen) atoms. The molecular formula is C21H28ClNO6S. The Balaban J connectivity index is 0.00000193. The van der Waals surface area contributed by atoms with E-state index in [1.54, 1.807) is 6.07 Å². The number of hydrogen-bond acceptors (Lipinski definition) is 7. The van der Waals surface area contributed by atoms with Crippen molar-refractivity contribution in [2.45, 2.75) is 67.8 Å². The summed E-state index contributed by atoms with van der Waals surface area (Å²) in [5, 5.41) is 22.7. The van der Waals surface area contributed by atoms with Crippen molar-refractivity contribution < 1.29 is 27.6 Å². The molecule has 2 bridgehead atoms. The third-order valence-electron chi connectivity index (χ3n) is 8.01. The third-order valence-corrected chi connectivity index (χ3v) is 8.60. The van der Waals surface area contributed by atoms with Gasteiger partial charge in [-0.2, -0.15) is 8.42 Å². The number of rotatable bonds is 4.